The van der Waals surface area contributed by atoms with E-state index in [0.29, 0.717) is 18.7 Å². The number of ketones is 1. The van der Waals surface area contributed by atoms with Gasteiger partial charge in [-0.1, -0.05) is 60.7 Å². The van der Waals surface area contributed by atoms with E-state index in [4.69, 9.17) is 4.74 Å². The number of amides is 2. The Labute approximate surface area is 187 Å². The largest absolute Gasteiger partial charge is 0.456 e. The Kier molecular flexibility index (Phi) is 7.80. The van der Waals surface area contributed by atoms with Crippen molar-refractivity contribution in [2.24, 2.45) is 0 Å². The minimum Gasteiger partial charge on any atom is -0.456 e. The molecule has 0 saturated carbocycles. The average Bonchev–Trinajstić information content (AvgIpc) is 3.09. The standard InChI is InChI=1S/C25H27N3O4/c1-18-13-22(19(2)28(18)16-21-11-7-4-8-12-21)23(29)17-32-24(30)15-27-25(31)26-14-20-9-5-3-6-10-20/h3-13H,14-17H2,1-2H3,(H2,26,27,31). The number of aromatic nitrogens is 1. The lowest BCUT2D eigenvalue weighted by atomic mass is 10.1. The maximum absolute atomic E-state index is 12.6. The molecule has 0 fully saturated rings. The molecule has 166 valence electrons. The zero-order valence-electron chi connectivity index (χ0n) is 18.3. The van der Waals surface area contributed by atoms with Crippen molar-refractivity contribution in [3.05, 3.63) is 94.8 Å². The van der Waals surface area contributed by atoms with Crippen molar-refractivity contribution in [3.63, 3.8) is 0 Å². The monoisotopic (exact) mass is 433 g/mol. The first-order chi connectivity index (χ1) is 15.4. The maximum Gasteiger partial charge on any atom is 0.325 e. The summed E-state index contributed by atoms with van der Waals surface area (Å²) in [5.74, 6) is -0.953. The van der Waals surface area contributed by atoms with Crippen LogP contribution in [-0.2, 0) is 22.6 Å². The van der Waals surface area contributed by atoms with Crippen LogP contribution in [0.3, 0.4) is 0 Å². The smallest absolute Gasteiger partial charge is 0.325 e. The molecule has 7 nitrogen and oxygen atoms in total. The second-order valence-electron chi connectivity index (χ2n) is 7.46. The summed E-state index contributed by atoms with van der Waals surface area (Å²) in [5, 5.41) is 5.08. The summed E-state index contributed by atoms with van der Waals surface area (Å²) in [6.45, 7) is 4.13. The summed E-state index contributed by atoms with van der Waals surface area (Å²) in [6, 6.07) is 20.7. The van der Waals surface area contributed by atoms with Crippen molar-refractivity contribution in [2.75, 3.05) is 13.2 Å². The van der Waals surface area contributed by atoms with E-state index in [9.17, 15) is 14.4 Å². The highest BCUT2D eigenvalue weighted by atomic mass is 16.5. The van der Waals surface area contributed by atoms with Crippen LogP contribution in [0.5, 0.6) is 0 Å². The molecule has 2 aromatic carbocycles. The van der Waals surface area contributed by atoms with Gasteiger partial charge in [-0.15, -0.1) is 0 Å². The second kappa shape index (κ2) is 10.9. The Morgan fingerprint density at radius 3 is 2.16 bits per heavy atom. The molecule has 3 rings (SSSR count). The second-order valence-corrected chi connectivity index (χ2v) is 7.46. The van der Waals surface area contributed by atoms with Crippen molar-refractivity contribution >= 4 is 17.8 Å². The summed E-state index contributed by atoms with van der Waals surface area (Å²) in [4.78, 5) is 36.3. The van der Waals surface area contributed by atoms with Crippen LogP contribution in [0.1, 0.15) is 32.9 Å². The van der Waals surface area contributed by atoms with Crippen LogP contribution in [0.25, 0.3) is 0 Å². The molecule has 0 unspecified atom stereocenters. The number of urea groups is 1. The fraction of sp³-hybridized carbons (Fsp3) is 0.240. The first-order valence-corrected chi connectivity index (χ1v) is 10.4. The van der Waals surface area contributed by atoms with Gasteiger partial charge in [-0.3, -0.25) is 9.59 Å². The van der Waals surface area contributed by atoms with Crippen LogP contribution in [0.4, 0.5) is 4.79 Å². The molecule has 2 amide bonds. The number of esters is 1. The molecule has 7 heteroatoms. The maximum atomic E-state index is 12.6. The Bertz CT molecular complexity index is 1080. The van der Waals surface area contributed by atoms with Gasteiger partial charge < -0.3 is 19.9 Å². The number of hydrogen-bond donors (Lipinski definition) is 2. The molecule has 1 heterocycles. The SMILES string of the molecule is Cc1cc(C(=O)COC(=O)CNC(=O)NCc2ccccc2)c(C)n1Cc1ccccc1. The number of rotatable bonds is 9. The summed E-state index contributed by atoms with van der Waals surface area (Å²) in [7, 11) is 0. The summed E-state index contributed by atoms with van der Waals surface area (Å²) in [5.41, 5.74) is 4.39. The Hall–Kier alpha value is -3.87. The molecule has 0 aliphatic carbocycles. The summed E-state index contributed by atoms with van der Waals surface area (Å²) < 4.78 is 7.11. The fourth-order valence-electron chi connectivity index (χ4n) is 3.36. The minimum atomic E-state index is -0.675. The van der Waals surface area contributed by atoms with Gasteiger partial charge in [0.2, 0.25) is 5.78 Å². The summed E-state index contributed by atoms with van der Waals surface area (Å²) in [6.07, 6.45) is 0. The van der Waals surface area contributed by atoms with Gasteiger partial charge in [0, 0.05) is 30.0 Å². The van der Waals surface area contributed by atoms with E-state index in [1.54, 1.807) is 0 Å². The highest BCUT2D eigenvalue weighted by Crippen LogP contribution is 2.18. The van der Waals surface area contributed by atoms with E-state index < -0.39 is 12.0 Å². The molecular weight excluding hydrogens is 406 g/mol. The molecule has 0 spiro atoms. The first kappa shape index (κ1) is 22.8. The van der Waals surface area contributed by atoms with E-state index in [2.05, 4.69) is 15.2 Å². The van der Waals surface area contributed by atoms with Crippen molar-refractivity contribution in [3.8, 4) is 0 Å². The molecule has 0 saturated heterocycles. The van der Waals surface area contributed by atoms with Crippen LogP contribution < -0.4 is 10.6 Å². The predicted molar refractivity (Wildman–Crippen MR) is 121 cm³/mol. The lowest BCUT2D eigenvalue weighted by Gasteiger charge is -2.10. The lowest BCUT2D eigenvalue weighted by Crippen LogP contribution is -2.38. The van der Waals surface area contributed by atoms with Crippen molar-refractivity contribution in [1.82, 2.24) is 15.2 Å². The number of ether oxygens (including phenoxy) is 1. The number of hydrogen-bond acceptors (Lipinski definition) is 4. The molecule has 3 aromatic rings. The minimum absolute atomic E-state index is 0.278. The van der Waals surface area contributed by atoms with Gasteiger partial charge >= 0.3 is 12.0 Å². The third kappa shape index (κ3) is 6.31. The van der Waals surface area contributed by atoms with Crippen LogP contribution in [0, 0.1) is 13.8 Å². The topological polar surface area (TPSA) is 89.4 Å². The predicted octanol–water partition coefficient (Wildman–Crippen LogP) is 3.38. The molecule has 0 bridgehead atoms. The summed E-state index contributed by atoms with van der Waals surface area (Å²) >= 11 is 0. The number of carbonyl (C=O) groups is 3. The number of benzene rings is 2. The third-order valence-corrected chi connectivity index (χ3v) is 5.11. The van der Waals surface area contributed by atoms with E-state index in [-0.39, 0.29) is 18.9 Å². The zero-order valence-corrected chi connectivity index (χ0v) is 18.3. The van der Waals surface area contributed by atoms with Gasteiger partial charge in [0.25, 0.3) is 0 Å². The number of nitrogens with one attached hydrogen (secondary N) is 2. The molecular formula is C25H27N3O4. The molecule has 32 heavy (non-hydrogen) atoms. The highest BCUT2D eigenvalue weighted by molar-refractivity contribution is 5.99. The van der Waals surface area contributed by atoms with Gasteiger partial charge in [0.15, 0.2) is 6.61 Å². The van der Waals surface area contributed by atoms with Crippen molar-refractivity contribution < 1.29 is 19.1 Å². The normalized spacial score (nSPS) is 10.4. The van der Waals surface area contributed by atoms with Gasteiger partial charge in [-0.2, -0.15) is 0 Å². The van der Waals surface area contributed by atoms with Crippen LogP contribution >= 0.6 is 0 Å². The molecule has 0 aliphatic heterocycles. The van der Waals surface area contributed by atoms with E-state index in [0.717, 1.165) is 22.5 Å². The number of nitrogens with zero attached hydrogens (tertiary/aromatic N) is 1. The lowest BCUT2D eigenvalue weighted by molar-refractivity contribution is -0.141. The average molecular weight is 434 g/mol. The quantitative estimate of drug-likeness (QED) is 0.400. The van der Waals surface area contributed by atoms with E-state index in [1.807, 2.05) is 80.6 Å². The first-order valence-electron chi connectivity index (χ1n) is 10.4. The number of carbonyl (C=O) groups excluding carboxylic acids is 3. The number of aryl methyl sites for hydroxylation is 1. The van der Waals surface area contributed by atoms with Crippen LogP contribution in [0.2, 0.25) is 0 Å². The van der Waals surface area contributed by atoms with Gasteiger partial charge in [-0.25, -0.2) is 4.79 Å². The third-order valence-electron chi connectivity index (χ3n) is 5.11. The Morgan fingerprint density at radius 1 is 0.875 bits per heavy atom. The Morgan fingerprint density at radius 2 is 1.50 bits per heavy atom. The fourth-order valence-corrected chi connectivity index (χ4v) is 3.36. The van der Waals surface area contributed by atoms with Gasteiger partial charge in [-0.05, 0) is 31.0 Å². The van der Waals surface area contributed by atoms with Crippen molar-refractivity contribution in [2.45, 2.75) is 26.9 Å². The van der Waals surface area contributed by atoms with Gasteiger partial charge in [0.05, 0.1) is 0 Å². The van der Waals surface area contributed by atoms with Crippen LogP contribution in [-0.4, -0.2) is 35.5 Å². The molecule has 0 aliphatic rings. The van der Waals surface area contributed by atoms with Crippen LogP contribution in [0.15, 0.2) is 66.7 Å². The molecule has 2 N–H and O–H groups in total. The Balaban J connectivity index is 1.45. The zero-order chi connectivity index (χ0) is 22.9. The van der Waals surface area contributed by atoms with E-state index >= 15 is 0 Å². The molecule has 0 atom stereocenters. The highest BCUT2D eigenvalue weighted by Gasteiger charge is 2.17. The molecule has 1 aromatic heterocycles. The molecule has 0 radical (unpaired) electrons. The van der Waals surface area contributed by atoms with E-state index in [1.165, 1.54) is 0 Å². The van der Waals surface area contributed by atoms with Crippen molar-refractivity contribution in [1.29, 1.82) is 0 Å². The van der Waals surface area contributed by atoms with Gasteiger partial charge in [0.1, 0.15) is 6.54 Å². The number of Topliss-reactive ketones (excluding diaryl/α,β-unsaturated/α-hetero) is 1.